The van der Waals surface area contributed by atoms with E-state index in [4.69, 9.17) is 10.5 Å². The molecular weight excluding hydrogens is 116 g/mol. The smallest absolute Gasteiger partial charge is 0.311 e. The Bertz CT molecular complexity index is 97.8. The lowest BCUT2D eigenvalue weighted by molar-refractivity contribution is 0.485. The Morgan fingerprint density at radius 3 is 1.86 bits per heavy atom. The summed E-state index contributed by atoms with van der Waals surface area (Å²) >= 11 is 0.331. The fourth-order valence-corrected chi connectivity index (χ4v) is 0.142. The van der Waals surface area contributed by atoms with E-state index in [9.17, 15) is 0 Å². The van der Waals surface area contributed by atoms with Crippen molar-refractivity contribution >= 4 is 12.3 Å². The molecule has 0 N–H and O–H groups in total. The van der Waals surface area contributed by atoms with Gasteiger partial charge in [-0.25, -0.2) is 0 Å². The van der Waals surface area contributed by atoms with Crippen molar-refractivity contribution < 1.29 is 8.37 Å². The minimum atomic E-state index is 0.331. The fourth-order valence-electron chi connectivity index (χ4n) is 0.0474. The van der Waals surface area contributed by atoms with Crippen LogP contribution < -0.4 is 0 Å². The third-order valence-corrected chi connectivity index (χ3v) is 0.428. The van der Waals surface area contributed by atoms with E-state index in [0.717, 1.165) is 0 Å². The van der Waals surface area contributed by atoms with Crippen LogP contribution in [0.4, 0.5) is 0 Å². The normalized spacial score (nSPS) is 5.43. The van der Waals surface area contributed by atoms with Crippen LogP contribution in [-0.4, -0.2) is 0 Å². The molecule has 0 heterocycles. The van der Waals surface area contributed by atoms with Gasteiger partial charge in [-0.15, -0.1) is 10.5 Å². The van der Waals surface area contributed by atoms with Gasteiger partial charge < -0.3 is 8.37 Å². The predicted molar refractivity (Wildman–Crippen MR) is 21.0 cm³/mol. The van der Waals surface area contributed by atoms with Crippen molar-refractivity contribution in [2.24, 2.45) is 0 Å². The summed E-state index contributed by atoms with van der Waals surface area (Å²) in [6.07, 6.45) is 2.58. The molecule has 0 aromatic carbocycles. The molecule has 0 amide bonds. The molecular formula is C2N2O2S. The van der Waals surface area contributed by atoms with Gasteiger partial charge in [0.05, 0.1) is 0 Å². The lowest BCUT2D eigenvalue weighted by atomic mass is 11.6. The second-order valence-corrected chi connectivity index (χ2v) is 0.887. The molecule has 0 rings (SSSR count). The molecule has 0 aliphatic rings. The van der Waals surface area contributed by atoms with Crippen molar-refractivity contribution in [2.75, 3.05) is 0 Å². The minimum absolute atomic E-state index is 0.331. The molecule has 7 heavy (non-hydrogen) atoms. The van der Waals surface area contributed by atoms with Gasteiger partial charge in [0.1, 0.15) is 0 Å². The Morgan fingerprint density at radius 1 is 1.14 bits per heavy atom. The average Bonchev–Trinajstić information content (AvgIpc) is 1.69. The molecule has 5 heteroatoms. The molecule has 36 valence electrons. The molecule has 0 spiro atoms. The van der Waals surface area contributed by atoms with Gasteiger partial charge in [-0.05, 0) is 0 Å². The third-order valence-electron chi connectivity index (χ3n) is 0.143. The van der Waals surface area contributed by atoms with Crippen LogP contribution >= 0.6 is 12.3 Å². The summed E-state index contributed by atoms with van der Waals surface area (Å²) in [6.45, 7) is 0. The van der Waals surface area contributed by atoms with E-state index in [1.165, 1.54) is 12.5 Å². The van der Waals surface area contributed by atoms with Crippen LogP contribution in [0.5, 0.6) is 0 Å². The monoisotopic (exact) mass is 116 g/mol. The van der Waals surface area contributed by atoms with E-state index in [-0.39, 0.29) is 0 Å². The molecule has 4 nitrogen and oxygen atoms in total. The first-order valence-electron chi connectivity index (χ1n) is 1.19. The Morgan fingerprint density at radius 2 is 1.57 bits per heavy atom. The molecule has 0 radical (unpaired) electrons. The second-order valence-electron chi connectivity index (χ2n) is 0.417. The maximum atomic E-state index is 7.61. The summed E-state index contributed by atoms with van der Waals surface area (Å²) in [5, 5.41) is 15.2. The highest BCUT2D eigenvalue weighted by atomic mass is 32.2. The number of nitriles is 2. The maximum Gasteiger partial charge on any atom is 0.316 e. The SMILES string of the molecule is N#COSOC#N. The van der Waals surface area contributed by atoms with Crippen molar-refractivity contribution in [1.29, 1.82) is 10.5 Å². The highest BCUT2D eigenvalue weighted by Gasteiger charge is 1.80. The first-order valence-corrected chi connectivity index (χ1v) is 1.86. The van der Waals surface area contributed by atoms with Crippen molar-refractivity contribution in [2.45, 2.75) is 0 Å². The average molecular weight is 116 g/mol. The van der Waals surface area contributed by atoms with Crippen LogP contribution in [0.2, 0.25) is 0 Å². The molecule has 0 aliphatic carbocycles. The fraction of sp³-hybridized carbons (Fsp3) is 0. The second kappa shape index (κ2) is 4.93. The van der Waals surface area contributed by atoms with Crippen molar-refractivity contribution in [3.8, 4) is 12.5 Å². The van der Waals surface area contributed by atoms with E-state index >= 15 is 0 Å². The predicted octanol–water partition coefficient (Wildman–Crippen LogP) is 0.545. The first-order chi connectivity index (χ1) is 3.41. The van der Waals surface area contributed by atoms with Gasteiger partial charge in [-0.2, -0.15) is 0 Å². The molecule has 0 aromatic rings. The zero-order valence-electron chi connectivity index (χ0n) is 3.12. The molecule has 0 aliphatic heterocycles. The maximum absolute atomic E-state index is 7.61. The van der Waals surface area contributed by atoms with Crippen LogP contribution in [-0.2, 0) is 8.37 Å². The summed E-state index contributed by atoms with van der Waals surface area (Å²) in [4.78, 5) is 0. The Kier molecular flexibility index (Phi) is 4.18. The van der Waals surface area contributed by atoms with Crippen molar-refractivity contribution in [3.63, 3.8) is 0 Å². The van der Waals surface area contributed by atoms with Crippen molar-refractivity contribution in [3.05, 3.63) is 0 Å². The van der Waals surface area contributed by atoms with Crippen LogP contribution in [0.15, 0.2) is 0 Å². The van der Waals surface area contributed by atoms with Crippen molar-refractivity contribution in [1.82, 2.24) is 0 Å². The minimum Gasteiger partial charge on any atom is -0.311 e. The number of hydrogen-bond acceptors (Lipinski definition) is 5. The number of rotatable bonds is 2. The van der Waals surface area contributed by atoms with Crippen LogP contribution in [0, 0.1) is 23.0 Å². The van der Waals surface area contributed by atoms with Gasteiger partial charge in [0.25, 0.3) is 0 Å². The molecule has 0 bridgehead atoms. The quantitative estimate of drug-likeness (QED) is 0.299. The van der Waals surface area contributed by atoms with Crippen LogP contribution in [0.3, 0.4) is 0 Å². The molecule has 0 saturated carbocycles. The molecule has 0 saturated heterocycles. The zero-order chi connectivity index (χ0) is 5.54. The Balaban J connectivity index is 2.77. The van der Waals surface area contributed by atoms with E-state index in [1.807, 2.05) is 0 Å². The van der Waals surface area contributed by atoms with E-state index in [1.54, 1.807) is 0 Å². The number of nitrogens with zero attached hydrogens (tertiary/aromatic N) is 2. The van der Waals surface area contributed by atoms with E-state index in [2.05, 4.69) is 8.37 Å². The van der Waals surface area contributed by atoms with Gasteiger partial charge in [0.15, 0.2) is 0 Å². The lowest BCUT2D eigenvalue weighted by Crippen LogP contribution is -1.64. The van der Waals surface area contributed by atoms with Gasteiger partial charge in [-0.1, -0.05) is 0 Å². The first kappa shape index (κ1) is 5.93. The summed E-state index contributed by atoms with van der Waals surface area (Å²) < 4.78 is 7.70. The summed E-state index contributed by atoms with van der Waals surface area (Å²) in [7, 11) is 0. The summed E-state index contributed by atoms with van der Waals surface area (Å²) in [6, 6.07) is 0. The molecule has 0 fully saturated rings. The standard InChI is InChI=1S/C2N2O2S/c3-1-5-7-6-2-4. The summed E-state index contributed by atoms with van der Waals surface area (Å²) in [5.74, 6) is 0. The van der Waals surface area contributed by atoms with Gasteiger partial charge in [0, 0.05) is 0 Å². The lowest BCUT2D eigenvalue weighted by Gasteiger charge is -1.79. The topological polar surface area (TPSA) is 66.0 Å². The highest BCUT2D eigenvalue weighted by molar-refractivity contribution is 7.90. The highest BCUT2D eigenvalue weighted by Crippen LogP contribution is 1.98. The van der Waals surface area contributed by atoms with Gasteiger partial charge >= 0.3 is 24.8 Å². The van der Waals surface area contributed by atoms with Gasteiger partial charge in [0.2, 0.25) is 0 Å². The van der Waals surface area contributed by atoms with Crippen LogP contribution in [0.25, 0.3) is 0 Å². The Labute approximate surface area is 44.7 Å². The van der Waals surface area contributed by atoms with E-state index < -0.39 is 0 Å². The van der Waals surface area contributed by atoms with E-state index in [0.29, 0.717) is 12.3 Å². The largest absolute Gasteiger partial charge is 0.316 e. The van der Waals surface area contributed by atoms with Gasteiger partial charge in [-0.3, -0.25) is 0 Å². The molecule has 0 atom stereocenters. The number of hydrogen-bond donors (Lipinski definition) is 0. The Hall–Kier alpha value is -1.07. The molecule has 0 aromatic heterocycles. The third kappa shape index (κ3) is 4.93. The molecule has 0 unspecified atom stereocenters. The van der Waals surface area contributed by atoms with Crippen LogP contribution in [0.1, 0.15) is 0 Å². The zero-order valence-corrected chi connectivity index (χ0v) is 3.94. The summed E-state index contributed by atoms with van der Waals surface area (Å²) in [5.41, 5.74) is 0.